The van der Waals surface area contributed by atoms with Crippen molar-refractivity contribution in [3.8, 4) is 0 Å². The van der Waals surface area contributed by atoms with E-state index in [2.05, 4.69) is 32.3 Å². The minimum absolute atomic E-state index is 0.225. The minimum atomic E-state index is -0.709. The van der Waals surface area contributed by atoms with Crippen LogP contribution in [0.15, 0.2) is 0 Å². The summed E-state index contributed by atoms with van der Waals surface area (Å²) in [5, 5.41) is 0. The summed E-state index contributed by atoms with van der Waals surface area (Å²) in [4.78, 5) is 23.9. The van der Waals surface area contributed by atoms with Gasteiger partial charge in [0.25, 0.3) is 0 Å². The topological polar surface area (TPSA) is 59.1 Å². The lowest BCUT2D eigenvalue weighted by Crippen LogP contribution is -2.37. The second-order valence-electron chi connectivity index (χ2n) is 5.78. The predicted octanol–water partition coefficient (Wildman–Crippen LogP) is 3.97. The van der Waals surface area contributed by atoms with Crippen LogP contribution in [0.5, 0.6) is 0 Å². The van der Waals surface area contributed by atoms with Gasteiger partial charge >= 0.3 is 19.6 Å². The normalized spacial score (nSPS) is 14.3. The Labute approximate surface area is 165 Å². The highest BCUT2D eigenvalue weighted by atomic mass is 79.9. The van der Waals surface area contributed by atoms with Crippen LogP contribution in [0.2, 0.25) is 0 Å². The molecule has 0 heterocycles. The van der Waals surface area contributed by atoms with Crippen LogP contribution in [-0.2, 0) is 18.9 Å². The summed E-state index contributed by atoms with van der Waals surface area (Å²) < 4.78 is 11.8. The number of carbonyl (C=O) groups is 2. The van der Waals surface area contributed by atoms with Crippen molar-refractivity contribution in [1.29, 1.82) is 0 Å². The van der Waals surface area contributed by atoms with Gasteiger partial charge in [-0.1, -0.05) is 27.7 Å². The Balaban J connectivity index is 4.45. The zero-order valence-electron chi connectivity index (χ0n) is 13.3. The molecule has 133 valence electrons. The van der Waals surface area contributed by atoms with Gasteiger partial charge in [-0.25, -0.2) is 0 Å². The Morgan fingerprint density at radius 1 is 0.913 bits per heavy atom. The van der Waals surface area contributed by atoms with Crippen LogP contribution in [-0.4, -0.2) is 38.6 Å². The number of rotatable bonds is 10. The Hall–Kier alpha value is 0.465. The maximum absolute atomic E-state index is 11.9. The van der Waals surface area contributed by atoms with Crippen molar-refractivity contribution in [1.82, 2.24) is 6.89 Å². The molecule has 0 saturated heterocycles. The molecule has 0 saturated carbocycles. The fraction of sp³-hybridized carbons (Fsp3) is 0.833. The molecule has 0 bridgehead atoms. The molecular weight excluding hydrogens is 478 g/mol. The third-order valence-corrected chi connectivity index (χ3v) is 4.19. The molecule has 0 rings (SSSR count). The molecule has 0 aromatic heterocycles. The molecule has 0 unspecified atom stereocenters. The summed E-state index contributed by atoms with van der Waals surface area (Å²) in [5.41, 5.74) is 0. The van der Waals surface area contributed by atoms with Crippen molar-refractivity contribution < 1.29 is 18.9 Å². The quantitative estimate of drug-likeness (QED) is 0.336. The van der Waals surface area contributed by atoms with E-state index in [4.69, 9.17) is 32.9 Å². The van der Waals surface area contributed by atoms with E-state index in [-0.39, 0.29) is 11.8 Å². The van der Waals surface area contributed by atoms with Crippen LogP contribution in [0.1, 0.15) is 40.5 Å². The van der Waals surface area contributed by atoms with Crippen LogP contribution in [0.4, 0.5) is 0 Å². The summed E-state index contributed by atoms with van der Waals surface area (Å²) in [6.45, 7) is 7.77. The zero-order chi connectivity index (χ0) is 18.2. The lowest BCUT2D eigenvalue weighted by molar-refractivity contribution is -0.143. The van der Waals surface area contributed by atoms with E-state index in [1.807, 2.05) is 27.7 Å². The highest BCUT2D eigenvalue weighted by molar-refractivity contribution is 9.08. The lowest BCUT2D eigenvalue weighted by atomic mass is 10.0. The number of nitrogens with zero attached hydrogens (tertiary/aromatic N) is 2. The van der Waals surface area contributed by atoms with Gasteiger partial charge in [0.05, 0.1) is 0 Å². The SMILES string of the molecule is CC(C)C[C@@H](C(=O)O[B]OC(=O)[C@H](CC(C)C)N(Cl)Br)N(Cl)Br. The molecule has 6 nitrogen and oxygen atoms in total. The zero-order valence-corrected chi connectivity index (χ0v) is 18.0. The van der Waals surface area contributed by atoms with E-state index in [0.717, 1.165) is 6.89 Å². The fourth-order valence-corrected chi connectivity index (χ4v) is 2.67. The van der Waals surface area contributed by atoms with Gasteiger partial charge in [-0.15, -0.1) is 6.89 Å². The van der Waals surface area contributed by atoms with Crippen molar-refractivity contribution in [2.24, 2.45) is 11.8 Å². The first-order valence-corrected chi connectivity index (χ1v) is 9.09. The van der Waals surface area contributed by atoms with Gasteiger partial charge in [0, 0.05) is 32.3 Å². The molecule has 0 N–H and O–H groups in total. The van der Waals surface area contributed by atoms with E-state index in [1.165, 1.54) is 0 Å². The van der Waals surface area contributed by atoms with Crippen molar-refractivity contribution in [2.45, 2.75) is 52.6 Å². The first-order chi connectivity index (χ1) is 10.6. The number of halogens is 4. The highest BCUT2D eigenvalue weighted by Gasteiger charge is 2.30. The van der Waals surface area contributed by atoms with Gasteiger partial charge in [0.1, 0.15) is 12.1 Å². The summed E-state index contributed by atoms with van der Waals surface area (Å²) in [6, 6.07) is -1.42. The monoisotopic (exact) mass is 495 g/mol. The standard InChI is InChI=1S/C12H20BBr2Cl2N2O4/c1-7(2)5-9(18(14)16)11(20)22-13-23-12(21)10(19(15)17)6-8(3)4/h7-10H,5-6H2,1-4H3/t9-,10-/m0/s1. The van der Waals surface area contributed by atoms with Gasteiger partial charge in [-0.3, -0.25) is 9.59 Å². The molecule has 0 aromatic rings. The average molecular weight is 498 g/mol. The Morgan fingerprint density at radius 2 is 1.22 bits per heavy atom. The van der Waals surface area contributed by atoms with Crippen LogP contribution in [0.3, 0.4) is 0 Å². The maximum Gasteiger partial charge on any atom is 0.662 e. The van der Waals surface area contributed by atoms with Gasteiger partial charge in [0.15, 0.2) is 0 Å². The molecule has 0 fully saturated rings. The van der Waals surface area contributed by atoms with E-state index in [1.54, 1.807) is 0 Å². The lowest BCUT2D eigenvalue weighted by Gasteiger charge is -2.21. The van der Waals surface area contributed by atoms with Gasteiger partial charge in [-0.05, 0) is 48.2 Å². The van der Waals surface area contributed by atoms with Crippen molar-refractivity contribution in [3.63, 3.8) is 0 Å². The fourth-order valence-electron chi connectivity index (χ4n) is 1.68. The first-order valence-electron chi connectivity index (χ1n) is 7.00. The number of hydrogen-bond acceptors (Lipinski definition) is 6. The highest BCUT2D eigenvalue weighted by Crippen LogP contribution is 2.20. The summed E-state index contributed by atoms with van der Waals surface area (Å²) in [5.74, 6) is -0.828. The van der Waals surface area contributed by atoms with Crippen molar-refractivity contribution >= 4 is 75.5 Å². The Morgan fingerprint density at radius 3 is 1.43 bits per heavy atom. The summed E-state index contributed by atoms with van der Waals surface area (Å²) in [6.07, 6.45) is 0.949. The van der Waals surface area contributed by atoms with Crippen LogP contribution >= 0.6 is 55.8 Å². The largest absolute Gasteiger partial charge is 0.662 e. The average Bonchev–Trinajstić information content (AvgIpc) is 2.40. The second-order valence-corrected chi connectivity index (χ2v) is 8.85. The molecule has 2 atom stereocenters. The third-order valence-electron chi connectivity index (χ3n) is 2.73. The number of hydrogen-bond donors (Lipinski definition) is 0. The predicted molar refractivity (Wildman–Crippen MR) is 97.7 cm³/mol. The van der Waals surface area contributed by atoms with Gasteiger partial charge in [0.2, 0.25) is 0 Å². The third kappa shape index (κ3) is 10.1. The minimum Gasteiger partial charge on any atom is -0.498 e. The molecule has 0 aliphatic carbocycles. The molecule has 0 aliphatic rings. The van der Waals surface area contributed by atoms with Crippen molar-refractivity contribution in [2.75, 3.05) is 0 Å². The Kier molecular flexibility index (Phi) is 12.2. The molecule has 0 amide bonds. The maximum atomic E-state index is 11.9. The van der Waals surface area contributed by atoms with Crippen LogP contribution < -0.4 is 0 Å². The molecule has 0 aromatic carbocycles. The van der Waals surface area contributed by atoms with E-state index < -0.39 is 24.0 Å². The molecular formula is C12H20BBr2Cl2N2O4. The van der Waals surface area contributed by atoms with Gasteiger partial charge in [-0.2, -0.15) is 0 Å². The van der Waals surface area contributed by atoms with E-state index >= 15 is 0 Å². The smallest absolute Gasteiger partial charge is 0.498 e. The number of carbonyl (C=O) groups excluding carboxylic acids is 2. The van der Waals surface area contributed by atoms with E-state index in [9.17, 15) is 9.59 Å². The van der Waals surface area contributed by atoms with Crippen LogP contribution in [0, 0.1) is 11.8 Å². The molecule has 0 aliphatic heterocycles. The van der Waals surface area contributed by atoms with Gasteiger partial charge < -0.3 is 9.31 Å². The molecule has 0 spiro atoms. The van der Waals surface area contributed by atoms with Crippen LogP contribution in [0.25, 0.3) is 0 Å². The second kappa shape index (κ2) is 11.9. The Bertz CT molecular complexity index is 356. The summed E-state index contributed by atoms with van der Waals surface area (Å²) in [7, 11) is 0.700. The van der Waals surface area contributed by atoms with E-state index in [0.29, 0.717) is 20.5 Å². The first kappa shape index (κ1) is 23.5. The molecule has 23 heavy (non-hydrogen) atoms. The molecule has 1 radical (unpaired) electrons. The van der Waals surface area contributed by atoms with Crippen molar-refractivity contribution in [3.05, 3.63) is 0 Å². The summed E-state index contributed by atoms with van der Waals surface area (Å²) >= 11 is 17.6. The molecule has 11 heteroatoms.